The second-order valence-corrected chi connectivity index (χ2v) is 18.4. The Labute approximate surface area is 362 Å². The van der Waals surface area contributed by atoms with Crippen LogP contribution in [0.3, 0.4) is 0 Å². The SMILES string of the molecule is COc1ccc(C(OC[C@@H](Cn2ccc(NC(=O)c3ccccc3)nc2=O)O[P@]2O[C@H](CS(=O)(=O)c3ccccc3)[C@@H]3CCCN32)(c2ccccc2)c2ccc(OC)cc2)cc1. The molecule has 0 unspecified atom stereocenters. The predicted molar refractivity (Wildman–Crippen MR) is 236 cm³/mol. The summed E-state index contributed by atoms with van der Waals surface area (Å²) in [5.74, 6) is 0.845. The van der Waals surface area contributed by atoms with Crippen molar-refractivity contribution in [2.75, 3.05) is 38.4 Å². The van der Waals surface area contributed by atoms with Crippen LogP contribution in [0.1, 0.15) is 39.9 Å². The first-order chi connectivity index (χ1) is 30.2. The molecular formula is C47H47N4O9PS. The highest BCUT2D eigenvalue weighted by molar-refractivity contribution is 7.91. The van der Waals surface area contributed by atoms with Crippen LogP contribution >= 0.6 is 8.53 Å². The lowest BCUT2D eigenvalue weighted by Gasteiger charge is -2.37. The van der Waals surface area contributed by atoms with Crippen LogP contribution < -0.4 is 20.5 Å². The first kappa shape index (κ1) is 42.9. The van der Waals surface area contributed by atoms with Crippen molar-refractivity contribution in [3.05, 3.63) is 185 Å². The average molecular weight is 875 g/mol. The fourth-order valence-corrected chi connectivity index (χ4v) is 11.5. The Morgan fingerprint density at radius 3 is 2.00 bits per heavy atom. The zero-order valence-corrected chi connectivity index (χ0v) is 36.0. The van der Waals surface area contributed by atoms with Crippen LogP contribution in [-0.2, 0) is 35.8 Å². The largest absolute Gasteiger partial charge is 0.497 e. The summed E-state index contributed by atoms with van der Waals surface area (Å²) in [7, 11) is -2.24. The molecule has 320 valence electrons. The number of nitrogens with one attached hydrogen (secondary N) is 1. The number of anilines is 1. The fraction of sp³-hybridized carbons (Fsp3) is 0.255. The van der Waals surface area contributed by atoms with E-state index in [4.69, 9.17) is 23.3 Å². The van der Waals surface area contributed by atoms with Gasteiger partial charge in [-0.3, -0.25) is 9.36 Å². The Balaban J connectivity index is 1.14. The number of fused-ring (bicyclic) bond motifs is 1. The minimum absolute atomic E-state index is 0.0114. The third-order valence-corrected chi connectivity index (χ3v) is 14.7. The third-order valence-electron chi connectivity index (χ3n) is 11.1. The number of carbonyl (C=O) groups is 1. The van der Waals surface area contributed by atoms with Crippen molar-refractivity contribution in [3.8, 4) is 11.5 Å². The lowest BCUT2D eigenvalue weighted by molar-refractivity contribution is -0.0363. The molecule has 0 saturated carbocycles. The molecule has 2 aliphatic rings. The molecule has 2 saturated heterocycles. The molecule has 1 N–H and O–H groups in total. The molecule has 62 heavy (non-hydrogen) atoms. The van der Waals surface area contributed by atoms with Gasteiger partial charge in [-0.15, -0.1) is 0 Å². The molecule has 8 rings (SSSR count). The van der Waals surface area contributed by atoms with Crippen molar-refractivity contribution in [3.63, 3.8) is 0 Å². The van der Waals surface area contributed by atoms with E-state index in [-0.39, 0.29) is 35.7 Å². The van der Waals surface area contributed by atoms with Crippen molar-refractivity contribution >= 4 is 30.1 Å². The van der Waals surface area contributed by atoms with Crippen LogP contribution in [0.15, 0.2) is 161 Å². The van der Waals surface area contributed by atoms with Gasteiger partial charge in [0.25, 0.3) is 14.4 Å². The smallest absolute Gasteiger partial charge is 0.349 e. The summed E-state index contributed by atoms with van der Waals surface area (Å²) >= 11 is 0. The molecule has 6 aromatic rings. The Kier molecular flexibility index (Phi) is 13.2. The van der Waals surface area contributed by atoms with E-state index in [1.54, 1.807) is 81.1 Å². The standard InChI is InChI=1S/C47H47N4O9PS/c1-56-38-24-20-36(21-25-38)47(35-15-8-4-9-16-35,37-22-26-39(57-2)27-23-37)58-32-40(31-50-30-28-44(49-46(50)53)48-45(52)34-13-6-3-7-14-34)59-61-51-29-12-19-42(51)43(60-61)33-62(54,55)41-17-10-5-11-18-41/h3-11,13-18,20-28,30,40,42-43H,12,19,29,31-33H2,1-2H3,(H,48,49,52,53)/t40-,42+,43-,61-/m1/s1. The van der Waals surface area contributed by atoms with Gasteiger partial charge in [0.2, 0.25) is 0 Å². The summed E-state index contributed by atoms with van der Waals surface area (Å²) in [6, 6.07) is 43.6. The lowest BCUT2D eigenvalue weighted by Crippen LogP contribution is -2.39. The summed E-state index contributed by atoms with van der Waals surface area (Å²) in [6.07, 6.45) is 1.71. The van der Waals surface area contributed by atoms with Gasteiger partial charge in [0, 0.05) is 24.3 Å². The van der Waals surface area contributed by atoms with Crippen molar-refractivity contribution in [1.29, 1.82) is 0 Å². The van der Waals surface area contributed by atoms with E-state index in [0.717, 1.165) is 29.5 Å². The van der Waals surface area contributed by atoms with Gasteiger partial charge in [-0.2, -0.15) is 4.98 Å². The molecule has 2 aliphatic heterocycles. The summed E-state index contributed by atoms with van der Waals surface area (Å²) in [6.45, 7) is 0.594. The molecule has 15 heteroatoms. The number of carbonyl (C=O) groups excluding carboxylic acids is 1. The number of rotatable bonds is 17. The maximum absolute atomic E-state index is 13.7. The quantitative estimate of drug-likeness (QED) is 0.0719. The fourth-order valence-electron chi connectivity index (χ4n) is 7.94. The van der Waals surface area contributed by atoms with Gasteiger partial charge in [0.05, 0.1) is 44.1 Å². The number of ether oxygens (including phenoxy) is 3. The molecule has 0 bridgehead atoms. The van der Waals surface area contributed by atoms with Gasteiger partial charge in [0.15, 0.2) is 9.84 Å². The van der Waals surface area contributed by atoms with Crippen molar-refractivity contribution in [2.45, 2.75) is 48.1 Å². The number of methoxy groups -OCH3 is 2. The summed E-state index contributed by atoms with van der Waals surface area (Å²) in [5, 5.41) is 2.70. The molecule has 1 aromatic heterocycles. The summed E-state index contributed by atoms with van der Waals surface area (Å²) in [4.78, 5) is 31.1. The van der Waals surface area contributed by atoms with Gasteiger partial charge in [-0.05, 0) is 84.1 Å². The van der Waals surface area contributed by atoms with Crippen LogP contribution in [0.25, 0.3) is 0 Å². The topological polar surface area (TPSA) is 148 Å². The van der Waals surface area contributed by atoms with Crippen LogP contribution in [0.4, 0.5) is 5.82 Å². The second kappa shape index (κ2) is 19.1. The average Bonchev–Trinajstić information content (AvgIpc) is 3.92. The second-order valence-electron chi connectivity index (χ2n) is 15.0. The van der Waals surface area contributed by atoms with Crippen LogP contribution in [0.2, 0.25) is 0 Å². The third kappa shape index (κ3) is 9.36. The molecule has 0 aliphatic carbocycles. The number of benzene rings is 5. The molecule has 1 amide bonds. The number of hydrogen-bond acceptors (Lipinski definition) is 11. The number of sulfone groups is 1. The normalized spacial score (nSPS) is 18.2. The molecule has 3 heterocycles. The van der Waals surface area contributed by atoms with Crippen LogP contribution in [-0.4, -0.2) is 79.9 Å². The van der Waals surface area contributed by atoms with E-state index in [1.807, 2.05) is 84.9 Å². The maximum Gasteiger partial charge on any atom is 0.349 e. The van der Waals surface area contributed by atoms with Crippen LogP contribution in [0.5, 0.6) is 11.5 Å². The minimum Gasteiger partial charge on any atom is -0.497 e. The number of nitrogens with zero attached hydrogens (tertiary/aromatic N) is 3. The molecular weight excluding hydrogens is 828 g/mol. The van der Waals surface area contributed by atoms with Gasteiger partial charge in [-0.25, -0.2) is 17.9 Å². The Hall–Kier alpha value is -5.73. The van der Waals surface area contributed by atoms with Gasteiger partial charge in [-0.1, -0.05) is 91.0 Å². The van der Waals surface area contributed by atoms with E-state index in [2.05, 4.69) is 15.0 Å². The maximum atomic E-state index is 13.7. The Bertz CT molecular complexity index is 2560. The van der Waals surface area contributed by atoms with E-state index in [9.17, 15) is 18.0 Å². The molecule has 0 spiro atoms. The Morgan fingerprint density at radius 2 is 1.40 bits per heavy atom. The molecule has 0 radical (unpaired) electrons. The Morgan fingerprint density at radius 1 is 0.823 bits per heavy atom. The highest BCUT2D eigenvalue weighted by Crippen LogP contribution is 2.57. The van der Waals surface area contributed by atoms with Crippen molar-refractivity contribution < 1.29 is 36.5 Å². The zero-order valence-electron chi connectivity index (χ0n) is 34.3. The van der Waals surface area contributed by atoms with E-state index in [1.165, 1.54) is 4.57 Å². The predicted octanol–water partition coefficient (Wildman–Crippen LogP) is 7.47. The summed E-state index contributed by atoms with van der Waals surface area (Å²) in [5.41, 5.74) is 1.05. The van der Waals surface area contributed by atoms with Gasteiger partial charge < -0.3 is 28.6 Å². The number of hydrogen-bond donors (Lipinski definition) is 1. The van der Waals surface area contributed by atoms with E-state index >= 15 is 0 Å². The number of amides is 1. The van der Waals surface area contributed by atoms with E-state index in [0.29, 0.717) is 23.6 Å². The summed E-state index contributed by atoms with van der Waals surface area (Å²) < 4.78 is 62.6. The zero-order chi connectivity index (χ0) is 43.1. The first-order valence-corrected chi connectivity index (χ1v) is 23.1. The van der Waals surface area contributed by atoms with Gasteiger partial charge in [0.1, 0.15) is 29.0 Å². The van der Waals surface area contributed by atoms with Crippen molar-refractivity contribution in [1.82, 2.24) is 14.2 Å². The first-order valence-electron chi connectivity index (χ1n) is 20.3. The highest BCUT2D eigenvalue weighted by Gasteiger charge is 2.49. The monoisotopic (exact) mass is 874 g/mol. The van der Waals surface area contributed by atoms with Crippen LogP contribution in [0, 0.1) is 0 Å². The minimum atomic E-state index is -3.67. The van der Waals surface area contributed by atoms with E-state index < -0.39 is 47.8 Å². The molecule has 13 nitrogen and oxygen atoms in total. The highest BCUT2D eigenvalue weighted by atomic mass is 32.2. The molecule has 4 atom stereocenters. The number of aromatic nitrogens is 2. The van der Waals surface area contributed by atoms with Crippen molar-refractivity contribution in [2.24, 2.45) is 0 Å². The molecule has 2 fully saturated rings. The van der Waals surface area contributed by atoms with Gasteiger partial charge >= 0.3 is 5.69 Å². The lowest BCUT2D eigenvalue weighted by atomic mass is 9.80. The molecule has 5 aromatic carbocycles.